The molecule has 1 amide bonds. The number of aromatic nitrogens is 1. The molecule has 0 bridgehead atoms. The van der Waals surface area contributed by atoms with Gasteiger partial charge in [0.05, 0.1) is 12.1 Å². The average molecular weight is 328 g/mol. The topological polar surface area (TPSA) is 47.2 Å². The first-order valence-corrected chi connectivity index (χ1v) is 8.07. The molecule has 0 spiro atoms. The van der Waals surface area contributed by atoms with Crippen LogP contribution in [0.25, 0.3) is 11.1 Å². The Morgan fingerprint density at radius 2 is 2.04 bits per heavy atom. The number of hydrogen-bond acceptors (Lipinski definition) is 2. The maximum atomic E-state index is 14.0. The van der Waals surface area contributed by atoms with Crippen molar-refractivity contribution in [3.8, 4) is 0 Å². The van der Waals surface area contributed by atoms with E-state index in [1.807, 2.05) is 26.8 Å². The highest BCUT2D eigenvalue weighted by molar-refractivity contribution is 5.97. The molecular weight excluding hydrogens is 307 g/mol. The predicted octanol–water partition coefficient (Wildman–Crippen LogP) is 4.12. The average Bonchev–Trinajstić information content (AvgIpc) is 3.04. The molecule has 0 radical (unpaired) electrons. The monoisotopic (exact) mass is 328 g/mol. The van der Waals surface area contributed by atoms with Crippen molar-refractivity contribution in [1.29, 1.82) is 0 Å². The molecule has 1 aromatic carbocycles. The summed E-state index contributed by atoms with van der Waals surface area (Å²) < 4.78 is 21.5. The minimum absolute atomic E-state index is 0.177. The Bertz CT molecular complexity index is 877. The van der Waals surface area contributed by atoms with Gasteiger partial charge in [-0.3, -0.25) is 4.79 Å². The van der Waals surface area contributed by atoms with Crippen LogP contribution in [0.15, 0.2) is 40.8 Å². The van der Waals surface area contributed by atoms with Crippen molar-refractivity contribution in [3.05, 3.63) is 59.2 Å². The number of rotatable bonds is 5. The van der Waals surface area contributed by atoms with Crippen LogP contribution in [0.4, 0.5) is 4.39 Å². The highest BCUT2D eigenvalue weighted by Crippen LogP contribution is 2.25. The second kappa shape index (κ2) is 6.51. The van der Waals surface area contributed by atoms with Crippen molar-refractivity contribution in [1.82, 2.24) is 9.88 Å². The summed E-state index contributed by atoms with van der Waals surface area (Å²) in [5.74, 6) is 0.655. The lowest BCUT2D eigenvalue weighted by molar-refractivity contribution is 0.0940. The fourth-order valence-electron chi connectivity index (χ4n) is 2.71. The minimum Gasteiger partial charge on any atom is -0.460 e. The van der Waals surface area contributed by atoms with Gasteiger partial charge < -0.3 is 14.3 Å². The van der Waals surface area contributed by atoms with Crippen LogP contribution in [0.5, 0.6) is 0 Å². The van der Waals surface area contributed by atoms with Gasteiger partial charge >= 0.3 is 0 Å². The molecule has 2 heterocycles. The highest BCUT2D eigenvalue weighted by Gasteiger charge is 2.19. The number of benzene rings is 1. The lowest BCUT2D eigenvalue weighted by atomic mass is 10.2. The number of nitrogens with one attached hydrogen (secondary N) is 1. The molecule has 5 heteroatoms. The van der Waals surface area contributed by atoms with Crippen LogP contribution >= 0.6 is 0 Å². The van der Waals surface area contributed by atoms with Gasteiger partial charge in [0.25, 0.3) is 5.91 Å². The molecule has 3 rings (SSSR count). The van der Waals surface area contributed by atoms with Crippen molar-refractivity contribution in [2.24, 2.45) is 5.92 Å². The standard InChI is InChI=1S/C19H21FN2O2/c1-12(2)10-21-19(23)17-9-18-16(8-13(3)24-18)22(17)11-14-6-4-5-7-15(14)20/h4-9,12H,10-11H2,1-3H3,(H,21,23). The fourth-order valence-corrected chi connectivity index (χ4v) is 2.71. The summed E-state index contributed by atoms with van der Waals surface area (Å²) in [6.07, 6.45) is 0. The van der Waals surface area contributed by atoms with Gasteiger partial charge in [0.15, 0.2) is 5.58 Å². The van der Waals surface area contributed by atoms with Crippen LogP contribution in [0.2, 0.25) is 0 Å². The number of furan rings is 1. The summed E-state index contributed by atoms with van der Waals surface area (Å²) in [5, 5.41) is 2.91. The number of carbonyl (C=O) groups excluding carboxylic acids is 1. The SMILES string of the molecule is Cc1cc2c(cc(C(=O)NCC(C)C)n2Cc2ccccc2F)o1. The first-order valence-electron chi connectivity index (χ1n) is 8.07. The third-order valence-electron chi connectivity index (χ3n) is 3.90. The summed E-state index contributed by atoms with van der Waals surface area (Å²) in [4.78, 5) is 12.5. The molecule has 0 saturated heterocycles. The molecule has 0 aliphatic rings. The van der Waals surface area contributed by atoms with Crippen molar-refractivity contribution >= 4 is 17.0 Å². The zero-order chi connectivity index (χ0) is 17.3. The van der Waals surface area contributed by atoms with E-state index in [9.17, 15) is 9.18 Å². The van der Waals surface area contributed by atoms with E-state index in [0.717, 1.165) is 11.3 Å². The second-order valence-corrected chi connectivity index (χ2v) is 6.42. The van der Waals surface area contributed by atoms with Gasteiger partial charge in [-0.2, -0.15) is 0 Å². The van der Waals surface area contributed by atoms with Crippen LogP contribution in [0.1, 0.15) is 35.7 Å². The summed E-state index contributed by atoms with van der Waals surface area (Å²) in [6, 6.07) is 10.2. The summed E-state index contributed by atoms with van der Waals surface area (Å²) >= 11 is 0. The third kappa shape index (κ3) is 3.20. The molecule has 2 aromatic heterocycles. The normalized spacial score (nSPS) is 11.4. The molecule has 0 aliphatic heterocycles. The van der Waals surface area contributed by atoms with Gasteiger partial charge in [0.1, 0.15) is 17.3 Å². The van der Waals surface area contributed by atoms with Crippen LogP contribution in [0.3, 0.4) is 0 Å². The smallest absolute Gasteiger partial charge is 0.268 e. The van der Waals surface area contributed by atoms with Crippen LogP contribution in [-0.4, -0.2) is 17.0 Å². The Labute approximate surface area is 140 Å². The van der Waals surface area contributed by atoms with Crippen LogP contribution < -0.4 is 5.32 Å². The van der Waals surface area contributed by atoms with E-state index < -0.39 is 0 Å². The van der Waals surface area contributed by atoms with E-state index in [1.165, 1.54) is 6.07 Å². The largest absolute Gasteiger partial charge is 0.460 e. The van der Waals surface area contributed by atoms with Gasteiger partial charge in [0.2, 0.25) is 0 Å². The Hall–Kier alpha value is -2.56. The summed E-state index contributed by atoms with van der Waals surface area (Å²) in [7, 11) is 0. The highest BCUT2D eigenvalue weighted by atomic mass is 19.1. The second-order valence-electron chi connectivity index (χ2n) is 6.42. The van der Waals surface area contributed by atoms with Crippen LogP contribution in [0, 0.1) is 18.7 Å². The molecule has 126 valence electrons. The van der Waals surface area contributed by atoms with E-state index in [-0.39, 0.29) is 18.3 Å². The quantitative estimate of drug-likeness (QED) is 0.766. The number of fused-ring (bicyclic) bond motifs is 1. The van der Waals surface area contributed by atoms with Crippen molar-refractivity contribution in [3.63, 3.8) is 0 Å². The minimum atomic E-state index is -0.284. The Morgan fingerprint density at radius 3 is 2.75 bits per heavy atom. The molecule has 0 atom stereocenters. The molecule has 1 N–H and O–H groups in total. The first-order chi connectivity index (χ1) is 11.5. The van der Waals surface area contributed by atoms with Crippen molar-refractivity contribution in [2.45, 2.75) is 27.3 Å². The molecular formula is C19H21FN2O2. The number of carbonyl (C=O) groups is 1. The lowest BCUT2D eigenvalue weighted by Crippen LogP contribution is -2.29. The van der Waals surface area contributed by atoms with Gasteiger partial charge in [-0.05, 0) is 18.9 Å². The zero-order valence-corrected chi connectivity index (χ0v) is 14.1. The van der Waals surface area contributed by atoms with Crippen molar-refractivity contribution < 1.29 is 13.6 Å². The fraction of sp³-hybridized carbons (Fsp3) is 0.316. The molecule has 3 aromatic rings. The molecule has 0 saturated carbocycles. The van der Waals surface area contributed by atoms with E-state index in [4.69, 9.17) is 4.42 Å². The van der Waals surface area contributed by atoms with Gasteiger partial charge in [-0.25, -0.2) is 4.39 Å². The summed E-state index contributed by atoms with van der Waals surface area (Å²) in [5.41, 5.74) is 2.45. The number of amides is 1. The van der Waals surface area contributed by atoms with E-state index in [2.05, 4.69) is 5.32 Å². The number of hydrogen-bond donors (Lipinski definition) is 1. The van der Waals surface area contributed by atoms with Crippen LogP contribution in [-0.2, 0) is 6.54 Å². The summed E-state index contributed by atoms with van der Waals surface area (Å²) in [6.45, 7) is 6.79. The lowest BCUT2D eigenvalue weighted by Gasteiger charge is -2.12. The number of aryl methyl sites for hydroxylation is 1. The maximum Gasteiger partial charge on any atom is 0.268 e. The van der Waals surface area contributed by atoms with Crippen molar-refractivity contribution in [2.75, 3.05) is 6.54 Å². The van der Waals surface area contributed by atoms with Gasteiger partial charge in [-0.1, -0.05) is 32.0 Å². The predicted molar refractivity (Wildman–Crippen MR) is 91.6 cm³/mol. The zero-order valence-electron chi connectivity index (χ0n) is 14.1. The third-order valence-corrected chi connectivity index (χ3v) is 3.90. The Morgan fingerprint density at radius 1 is 1.29 bits per heavy atom. The Kier molecular flexibility index (Phi) is 4.42. The molecule has 0 unspecified atom stereocenters. The molecule has 24 heavy (non-hydrogen) atoms. The molecule has 0 fully saturated rings. The van der Waals surface area contributed by atoms with Gasteiger partial charge in [-0.15, -0.1) is 0 Å². The maximum absolute atomic E-state index is 14.0. The van der Waals surface area contributed by atoms with E-state index >= 15 is 0 Å². The molecule has 4 nitrogen and oxygen atoms in total. The van der Waals surface area contributed by atoms with Gasteiger partial charge in [0, 0.05) is 24.2 Å². The Balaban J connectivity index is 2.01. The first kappa shape index (κ1) is 16.3. The number of halogens is 1. The van der Waals surface area contributed by atoms with E-state index in [0.29, 0.717) is 29.3 Å². The molecule has 0 aliphatic carbocycles. The number of nitrogens with zero attached hydrogens (tertiary/aromatic N) is 1. The van der Waals surface area contributed by atoms with E-state index in [1.54, 1.807) is 28.8 Å².